The second kappa shape index (κ2) is 7.76. The molecule has 7 heteroatoms. The number of benzene rings is 1. The number of para-hydroxylation sites is 2. The Morgan fingerprint density at radius 3 is 2.96 bits per heavy atom. The summed E-state index contributed by atoms with van der Waals surface area (Å²) in [6.45, 7) is 4.65. The van der Waals surface area contributed by atoms with E-state index in [1.54, 1.807) is 0 Å². The van der Waals surface area contributed by atoms with E-state index in [-0.39, 0.29) is 11.9 Å². The van der Waals surface area contributed by atoms with E-state index in [1.165, 1.54) is 0 Å². The number of hydrogen-bond donors (Lipinski definition) is 1. The summed E-state index contributed by atoms with van der Waals surface area (Å²) < 4.78 is 5.65. The van der Waals surface area contributed by atoms with E-state index >= 15 is 0 Å². The smallest absolute Gasteiger partial charge is 0.224 e. The molecule has 0 spiro atoms. The van der Waals surface area contributed by atoms with Crippen LogP contribution >= 0.6 is 11.8 Å². The zero-order valence-corrected chi connectivity index (χ0v) is 15.1. The van der Waals surface area contributed by atoms with Crippen molar-refractivity contribution in [2.24, 2.45) is 0 Å². The van der Waals surface area contributed by atoms with E-state index in [1.807, 2.05) is 40.9 Å². The van der Waals surface area contributed by atoms with Crippen LogP contribution < -0.4 is 0 Å². The van der Waals surface area contributed by atoms with Crippen molar-refractivity contribution in [2.75, 3.05) is 44.4 Å². The Balaban J connectivity index is 1.42. The van der Waals surface area contributed by atoms with Gasteiger partial charge in [0, 0.05) is 43.6 Å². The second-order valence-electron chi connectivity index (χ2n) is 6.60. The van der Waals surface area contributed by atoms with Crippen LogP contribution in [0.4, 0.5) is 0 Å². The Morgan fingerprint density at radius 2 is 2.12 bits per heavy atom. The molecule has 6 nitrogen and oxygen atoms in total. The predicted octanol–water partition coefficient (Wildman–Crippen LogP) is 1.73. The molecule has 0 bridgehead atoms. The number of nitrogens with zero attached hydrogens (tertiary/aromatic N) is 3. The number of fused-ring (bicyclic) bond motifs is 1. The summed E-state index contributed by atoms with van der Waals surface area (Å²) in [7, 11) is 0. The Kier molecular flexibility index (Phi) is 5.24. The molecule has 0 saturated carbocycles. The first kappa shape index (κ1) is 16.9. The number of thioether (sulfide) groups is 1. The van der Waals surface area contributed by atoms with Gasteiger partial charge in [-0.1, -0.05) is 12.1 Å². The molecule has 3 heterocycles. The molecule has 0 unspecified atom stereocenters. The zero-order chi connectivity index (χ0) is 17.1. The fourth-order valence-electron chi connectivity index (χ4n) is 3.50. The summed E-state index contributed by atoms with van der Waals surface area (Å²) in [6.07, 6.45) is 0.533. The molecule has 0 radical (unpaired) electrons. The quantitative estimate of drug-likeness (QED) is 0.900. The van der Waals surface area contributed by atoms with Crippen molar-refractivity contribution in [3.8, 4) is 0 Å². The van der Waals surface area contributed by atoms with Gasteiger partial charge in [-0.05, 0) is 12.1 Å². The molecule has 4 rings (SSSR count). The molecule has 1 aromatic heterocycles. The molecule has 134 valence electrons. The van der Waals surface area contributed by atoms with Crippen LogP contribution in [0, 0.1) is 0 Å². The Hall–Kier alpha value is -1.57. The fraction of sp³-hybridized carbons (Fsp3) is 0.556. The summed E-state index contributed by atoms with van der Waals surface area (Å²) in [5, 5.41) is 0. The average molecular weight is 360 g/mol. The molecule has 1 atom stereocenters. The molecular formula is C18H24N4O2S. The minimum Gasteiger partial charge on any atom is -0.378 e. The molecule has 0 aliphatic carbocycles. The zero-order valence-electron chi connectivity index (χ0n) is 14.3. The van der Waals surface area contributed by atoms with Crippen molar-refractivity contribution < 1.29 is 9.53 Å². The molecule has 2 aliphatic heterocycles. The number of morpholine rings is 1. The number of H-pyrrole nitrogens is 1. The lowest BCUT2D eigenvalue weighted by molar-refractivity contribution is -0.134. The maximum absolute atomic E-state index is 12.6. The molecule has 2 fully saturated rings. The third-order valence-electron chi connectivity index (χ3n) is 4.91. The maximum Gasteiger partial charge on any atom is 0.224 e. The van der Waals surface area contributed by atoms with E-state index in [0.717, 1.165) is 54.5 Å². The van der Waals surface area contributed by atoms with Gasteiger partial charge in [-0.3, -0.25) is 9.69 Å². The van der Waals surface area contributed by atoms with Crippen molar-refractivity contribution >= 4 is 28.7 Å². The van der Waals surface area contributed by atoms with E-state index in [4.69, 9.17) is 4.74 Å². The number of aromatic nitrogens is 2. The molecular weight excluding hydrogens is 336 g/mol. The number of carbonyl (C=O) groups is 1. The van der Waals surface area contributed by atoms with E-state index in [0.29, 0.717) is 19.6 Å². The standard InChI is InChI=1S/C18H24N4O2S/c23-18(21-6-9-25-10-7-21)11-14-13-24-8-5-22(14)12-17-19-15-3-1-2-4-16(15)20-17/h1-4,14H,5-13H2,(H,19,20)/t14-/m1/s1. The van der Waals surface area contributed by atoms with Gasteiger partial charge in [-0.15, -0.1) is 0 Å². The minimum absolute atomic E-state index is 0.129. The highest BCUT2D eigenvalue weighted by molar-refractivity contribution is 7.99. The van der Waals surface area contributed by atoms with Crippen LogP contribution in [-0.2, 0) is 16.1 Å². The molecule has 1 amide bonds. The first-order valence-corrected chi connectivity index (χ1v) is 10.1. The second-order valence-corrected chi connectivity index (χ2v) is 7.82. The van der Waals surface area contributed by atoms with Crippen molar-refractivity contribution in [3.05, 3.63) is 30.1 Å². The lowest BCUT2D eigenvalue weighted by atomic mass is 10.1. The minimum atomic E-state index is 0.129. The van der Waals surface area contributed by atoms with E-state index in [2.05, 4.69) is 14.9 Å². The van der Waals surface area contributed by atoms with Crippen LogP contribution in [0.25, 0.3) is 11.0 Å². The van der Waals surface area contributed by atoms with Crippen LogP contribution in [0.1, 0.15) is 12.2 Å². The Bertz CT molecular complexity index is 696. The van der Waals surface area contributed by atoms with Gasteiger partial charge in [0.1, 0.15) is 5.82 Å². The predicted molar refractivity (Wildman–Crippen MR) is 99.6 cm³/mol. The first-order valence-electron chi connectivity index (χ1n) is 8.90. The van der Waals surface area contributed by atoms with Gasteiger partial charge in [-0.2, -0.15) is 11.8 Å². The lowest BCUT2D eigenvalue weighted by Crippen LogP contribution is -2.48. The average Bonchev–Trinajstić information content (AvgIpc) is 3.06. The van der Waals surface area contributed by atoms with Crippen molar-refractivity contribution in [2.45, 2.75) is 19.0 Å². The number of imidazole rings is 1. The maximum atomic E-state index is 12.6. The highest BCUT2D eigenvalue weighted by atomic mass is 32.2. The van der Waals surface area contributed by atoms with Gasteiger partial charge < -0.3 is 14.6 Å². The number of amides is 1. The van der Waals surface area contributed by atoms with Crippen molar-refractivity contribution in [1.29, 1.82) is 0 Å². The van der Waals surface area contributed by atoms with Crippen LogP contribution in [0.3, 0.4) is 0 Å². The van der Waals surface area contributed by atoms with Crippen LogP contribution in [-0.4, -0.2) is 76.1 Å². The number of hydrogen-bond acceptors (Lipinski definition) is 5. The molecule has 25 heavy (non-hydrogen) atoms. The highest BCUT2D eigenvalue weighted by Gasteiger charge is 2.28. The third-order valence-corrected chi connectivity index (χ3v) is 5.86. The monoisotopic (exact) mass is 360 g/mol. The Labute approximate surface area is 151 Å². The van der Waals surface area contributed by atoms with Crippen LogP contribution in [0.15, 0.2) is 24.3 Å². The van der Waals surface area contributed by atoms with Gasteiger partial charge in [-0.25, -0.2) is 4.98 Å². The van der Waals surface area contributed by atoms with Gasteiger partial charge in [0.25, 0.3) is 0 Å². The van der Waals surface area contributed by atoms with Gasteiger partial charge in [0.05, 0.1) is 30.8 Å². The summed E-state index contributed by atoms with van der Waals surface area (Å²) in [5.74, 6) is 3.31. The largest absolute Gasteiger partial charge is 0.378 e. The fourth-order valence-corrected chi connectivity index (χ4v) is 4.40. The summed E-state index contributed by atoms with van der Waals surface area (Å²) in [6, 6.07) is 8.20. The van der Waals surface area contributed by atoms with Crippen molar-refractivity contribution in [1.82, 2.24) is 19.8 Å². The SMILES string of the molecule is O=C(C[C@@H]1COCCN1Cc1nc2ccccc2[nH]1)N1CCSCC1. The van der Waals surface area contributed by atoms with E-state index < -0.39 is 0 Å². The van der Waals surface area contributed by atoms with Gasteiger partial charge >= 0.3 is 0 Å². The number of rotatable bonds is 4. The summed E-state index contributed by atoms with van der Waals surface area (Å²) >= 11 is 1.93. The third kappa shape index (κ3) is 3.99. The van der Waals surface area contributed by atoms with Gasteiger partial charge in [0.15, 0.2) is 0 Å². The topological polar surface area (TPSA) is 61.5 Å². The highest BCUT2D eigenvalue weighted by Crippen LogP contribution is 2.18. The normalized spacial score (nSPS) is 22.4. The molecule has 2 saturated heterocycles. The van der Waals surface area contributed by atoms with Crippen LogP contribution in [0.5, 0.6) is 0 Å². The molecule has 2 aliphatic rings. The Morgan fingerprint density at radius 1 is 1.28 bits per heavy atom. The van der Waals surface area contributed by atoms with Crippen molar-refractivity contribution in [3.63, 3.8) is 0 Å². The number of carbonyl (C=O) groups excluding carboxylic acids is 1. The van der Waals surface area contributed by atoms with Crippen LogP contribution in [0.2, 0.25) is 0 Å². The number of nitrogens with one attached hydrogen (secondary N) is 1. The number of ether oxygens (including phenoxy) is 1. The van der Waals surface area contributed by atoms with Gasteiger partial charge in [0.2, 0.25) is 5.91 Å². The summed E-state index contributed by atoms with van der Waals surface area (Å²) in [5.41, 5.74) is 2.05. The van der Waals surface area contributed by atoms with E-state index in [9.17, 15) is 4.79 Å². The number of aromatic amines is 1. The molecule has 1 aromatic carbocycles. The first-order chi connectivity index (χ1) is 12.3. The molecule has 1 N–H and O–H groups in total. The lowest BCUT2D eigenvalue weighted by Gasteiger charge is -2.36. The molecule has 2 aromatic rings. The summed E-state index contributed by atoms with van der Waals surface area (Å²) in [4.78, 5) is 25.0.